The minimum atomic E-state index is -0.738. The molecular formula is C74H96ClN3O15. The Morgan fingerprint density at radius 2 is 0.892 bits per heavy atom. The van der Waals surface area contributed by atoms with Crippen LogP contribution in [0.3, 0.4) is 0 Å². The molecule has 18 nitrogen and oxygen atoms in total. The summed E-state index contributed by atoms with van der Waals surface area (Å²) in [4.78, 5) is 66.9. The van der Waals surface area contributed by atoms with E-state index in [-0.39, 0.29) is 72.8 Å². The molecule has 0 aromatic heterocycles. The highest BCUT2D eigenvalue weighted by molar-refractivity contribution is 6.61. The lowest BCUT2D eigenvalue weighted by molar-refractivity contribution is -0.122. The Morgan fingerprint density at radius 3 is 1.30 bits per heavy atom. The van der Waals surface area contributed by atoms with Crippen LogP contribution in [0, 0.1) is 17.8 Å². The van der Waals surface area contributed by atoms with Crippen molar-refractivity contribution in [2.24, 2.45) is 23.5 Å². The molecule has 0 radical (unpaired) electrons. The van der Waals surface area contributed by atoms with Gasteiger partial charge in [0.15, 0.2) is 0 Å². The fourth-order valence-electron chi connectivity index (χ4n) is 15.1. The zero-order chi connectivity index (χ0) is 67.0. The van der Waals surface area contributed by atoms with Crippen LogP contribution < -0.4 is 25.8 Å². The first-order chi connectivity index (χ1) is 44.8. The van der Waals surface area contributed by atoms with E-state index in [2.05, 4.69) is 54.3 Å². The fraction of sp³-hybridized carbons (Fsp3) is 0.514. The molecule has 0 unspecified atom stereocenters. The van der Waals surface area contributed by atoms with Gasteiger partial charge in [-0.2, -0.15) is 0 Å². The van der Waals surface area contributed by atoms with Crippen LogP contribution in [-0.4, -0.2) is 84.6 Å². The highest BCUT2D eigenvalue weighted by Crippen LogP contribution is 2.50. The maximum absolute atomic E-state index is 12.8. The number of benzene rings is 5. The maximum Gasteiger partial charge on any atom is 0.513 e. The van der Waals surface area contributed by atoms with Crippen molar-refractivity contribution in [1.82, 2.24) is 10.6 Å². The van der Waals surface area contributed by atoms with E-state index in [1.54, 1.807) is 26.8 Å². The van der Waals surface area contributed by atoms with Crippen LogP contribution >= 0.6 is 11.6 Å². The van der Waals surface area contributed by atoms with Crippen LogP contribution in [0.5, 0.6) is 17.2 Å². The van der Waals surface area contributed by atoms with Gasteiger partial charge in [0, 0.05) is 46.0 Å². The van der Waals surface area contributed by atoms with Crippen LogP contribution in [0.25, 0.3) is 0 Å². The van der Waals surface area contributed by atoms with E-state index in [9.17, 15) is 29.1 Å². The number of amides is 2. The molecule has 9 atom stereocenters. The topological polar surface area (TPSA) is 258 Å². The second-order valence-corrected chi connectivity index (χ2v) is 26.0. The van der Waals surface area contributed by atoms with Gasteiger partial charge in [-0.05, 0) is 177 Å². The molecule has 5 aromatic carbocycles. The Bertz CT molecular complexity index is 3240. The Morgan fingerprint density at radius 1 is 0.516 bits per heavy atom. The van der Waals surface area contributed by atoms with Gasteiger partial charge in [0.25, 0.3) is 6.47 Å². The molecule has 6 N–H and O–H groups in total. The number of aromatic hydroxyl groups is 1. The molecule has 6 aliphatic carbocycles. The number of hydrogen-bond acceptors (Lipinski definition) is 15. The first kappa shape index (κ1) is 72.6. The molecule has 0 saturated heterocycles. The van der Waals surface area contributed by atoms with Gasteiger partial charge in [0.05, 0.1) is 19.8 Å². The largest absolute Gasteiger partial charge is 0.513 e. The number of nitrogens with one attached hydrogen (secondary N) is 2. The number of fused-ring (bicyclic) bond motifs is 12. The van der Waals surface area contributed by atoms with Crippen molar-refractivity contribution in [3.63, 3.8) is 0 Å². The van der Waals surface area contributed by atoms with Crippen LogP contribution in [0.1, 0.15) is 182 Å². The van der Waals surface area contributed by atoms with Gasteiger partial charge in [0.1, 0.15) is 30.5 Å². The lowest BCUT2D eigenvalue weighted by Crippen LogP contribution is -2.57. The molecule has 3 saturated carbocycles. The lowest BCUT2D eigenvalue weighted by Gasteiger charge is -2.49. The molecule has 19 heteroatoms. The van der Waals surface area contributed by atoms with Crippen LogP contribution in [0.15, 0.2) is 115 Å². The quantitative estimate of drug-likeness (QED) is 0.0271. The van der Waals surface area contributed by atoms with E-state index in [1.165, 1.54) is 72.8 Å². The Hall–Kier alpha value is -7.83. The van der Waals surface area contributed by atoms with Crippen molar-refractivity contribution in [2.75, 3.05) is 19.8 Å². The monoisotopic (exact) mass is 1300 g/mol. The van der Waals surface area contributed by atoms with Crippen LogP contribution in [-0.2, 0) is 77.2 Å². The third-order valence-electron chi connectivity index (χ3n) is 19.6. The van der Waals surface area contributed by atoms with Gasteiger partial charge in [-0.1, -0.05) is 157 Å². The van der Waals surface area contributed by atoms with Crippen LogP contribution in [0.4, 0.5) is 24.0 Å². The van der Waals surface area contributed by atoms with E-state index in [4.69, 9.17) is 55.7 Å². The molecule has 6 bridgehead atoms. The third-order valence-corrected chi connectivity index (χ3v) is 19.7. The fourth-order valence-corrected chi connectivity index (χ4v) is 15.2. The average molecular weight is 1300 g/mol. The molecule has 3 fully saturated rings. The number of phenols is 1. The summed E-state index contributed by atoms with van der Waals surface area (Å²) in [6.45, 7) is 13.1. The number of nitrogens with two attached hydrogens (primary N) is 1. The molecule has 0 aliphatic heterocycles. The highest BCUT2D eigenvalue weighted by atomic mass is 35.5. The number of rotatable bonds is 11. The summed E-state index contributed by atoms with van der Waals surface area (Å²) >= 11 is 4.72. The smallest absolute Gasteiger partial charge is 0.508 e. The van der Waals surface area contributed by atoms with Gasteiger partial charge in [-0.15, -0.1) is 0 Å². The number of carbonyl (C=O) groups excluding carboxylic acids is 5. The normalized spacial score (nSPS) is 24.5. The number of phenolic OH excluding ortho intramolecular Hbond substituents is 1. The van der Waals surface area contributed by atoms with Crippen molar-refractivity contribution in [2.45, 2.75) is 205 Å². The molecule has 93 heavy (non-hydrogen) atoms. The van der Waals surface area contributed by atoms with Crippen molar-refractivity contribution in [3.05, 3.63) is 160 Å². The Balaban J connectivity index is 0.000000187. The minimum Gasteiger partial charge on any atom is -0.508 e. The Labute approximate surface area is 553 Å². The van der Waals surface area contributed by atoms with Gasteiger partial charge in [0.2, 0.25) is 0 Å². The van der Waals surface area contributed by atoms with Gasteiger partial charge >= 0.3 is 29.9 Å². The minimum absolute atomic E-state index is 0.0189. The predicted octanol–water partition coefficient (Wildman–Crippen LogP) is 16.0. The zero-order valence-electron chi connectivity index (χ0n) is 54.9. The first-order valence-corrected chi connectivity index (χ1v) is 33.5. The number of alkyl carbamates (subject to hydrolysis) is 2. The first-order valence-electron chi connectivity index (χ1n) is 33.2. The third kappa shape index (κ3) is 19.9. The second kappa shape index (κ2) is 35.4. The van der Waals surface area contributed by atoms with Crippen molar-refractivity contribution >= 4 is 48.0 Å². The predicted molar refractivity (Wildman–Crippen MR) is 356 cm³/mol. The molecule has 0 spiro atoms. The number of carbonyl (C=O) groups is 6. The average Bonchev–Trinajstić information content (AvgIpc) is 0.765. The number of carboxylic acid groups (broad SMARTS) is 1. The van der Waals surface area contributed by atoms with E-state index in [1.807, 2.05) is 91.0 Å². The lowest BCUT2D eigenvalue weighted by atomic mass is 9.59. The van der Waals surface area contributed by atoms with E-state index in [0.29, 0.717) is 48.2 Å². The van der Waals surface area contributed by atoms with Gasteiger partial charge in [-0.3, -0.25) is 4.79 Å². The summed E-state index contributed by atoms with van der Waals surface area (Å²) in [5.41, 5.74) is 14.9. The molecule has 11 rings (SSSR count). The summed E-state index contributed by atoms with van der Waals surface area (Å²) in [5.74, 6) is 2.61. The summed E-state index contributed by atoms with van der Waals surface area (Å²) < 4.78 is 35.7. The highest BCUT2D eigenvalue weighted by Gasteiger charge is 2.49. The van der Waals surface area contributed by atoms with Crippen molar-refractivity contribution in [3.8, 4) is 17.2 Å². The van der Waals surface area contributed by atoms with E-state index >= 15 is 0 Å². The van der Waals surface area contributed by atoms with E-state index < -0.39 is 17.7 Å². The van der Waals surface area contributed by atoms with Gasteiger partial charge in [-0.25, -0.2) is 24.0 Å². The molecule has 6 aliphatic rings. The number of hydrogen-bond donors (Lipinski definition) is 5. The Kier molecular flexibility index (Phi) is 27.7. The second-order valence-electron chi connectivity index (χ2n) is 25.7. The van der Waals surface area contributed by atoms with Gasteiger partial charge < -0.3 is 59.7 Å². The maximum atomic E-state index is 12.8. The summed E-state index contributed by atoms with van der Waals surface area (Å²) in [5, 5.41) is 23.4. The molecule has 0 heterocycles. The standard InChI is InChI=1S/C27H33NO5.C24H29NO3.C19H27NO3.C3H5ClO2.CH2O2/c1-3-31-26(30)33-22-14-13-20-16-21-12-8-5-9-15-27(2,23(20)17-22)24(21)28-25(29)32-18-19-10-6-4-7-11-19;1-24-13-7-3-6-10-19(14-18-11-12-20(26)15-21(18)24)22(24)25-23(27)28-16-17-8-4-2-5-9-17;1-3-22-18(21)23-15-9-8-13-11-14-7-5-4-6-10-19(2,17(14)20)16(13)12-15;1-2-6-3(4)5;2-1-3/h4,6-7,10-11,13-14,17,21,24H,3,5,8-9,12,15-16,18H2,1-2H3,(H,28,29);2,4-5,8-9,11-12,15,19,22,26H,3,6-7,10,13-14,16H2,1H3,(H,25,27);8-9,12,14,17H,3-7,10-11,20H2,1-2H3;2H2,1H3;1H,(H,2,3)/t21-,24-,27+;19-,22-,24+;14-,17-,19+;;/m000../s1. The summed E-state index contributed by atoms with van der Waals surface area (Å²) in [6, 6.07) is 37.2. The zero-order valence-corrected chi connectivity index (χ0v) is 55.7. The molecular weight excluding hydrogens is 1210 g/mol. The number of halogens is 1. The SMILES string of the molecule is CCOC(=O)Cl.CCOC(=O)Oc1ccc2c(c1)[C@@]1(C)CCCCC[C@@H](C2)[C@@H]1N.CCOC(=O)Oc1ccc2c(c1)[C@@]1(C)CCCCC[C@@H](C2)[C@@H]1NC(=O)OCc1ccccc1.C[C@@]12CCCCC[C@@H](Cc3ccc(O)cc31)[C@@H]2NC(=O)OCc1ccccc1.O=CO. The molecule has 2 amide bonds. The van der Waals surface area contributed by atoms with E-state index in [0.717, 1.165) is 87.3 Å². The molecule has 5 aromatic rings. The van der Waals surface area contributed by atoms with Crippen molar-refractivity contribution in [1.29, 1.82) is 0 Å². The summed E-state index contributed by atoms with van der Waals surface area (Å²) in [6.07, 6.45) is 18.0. The number of ether oxygens (including phenoxy) is 7. The van der Waals surface area contributed by atoms with Crippen LogP contribution in [0.2, 0.25) is 0 Å². The van der Waals surface area contributed by atoms with Crippen molar-refractivity contribution < 1.29 is 72.1 Å². The molecule has 504 valence electrons. The summed E-state index contributed by atoms with van der Waals surface area (Å²) in [7, 11) is 0.